The molecule has 112 valence electrons. The number of benzene rings is 1. The fourth-order valence-corrected chi connectivity index (χ4v) is 2.85. The zero-order valence-corrected chi connectivity index (χ0v) is 12.7. The van der Waals surface area contributed by atoms with Crippen LogP contribution in [-0.4, -0.2) is 23.8 Å². The number of hydrogen-bond acceptors (Lipinski definition) is 5. The molecule has 21 heavy (non-hydrogen) atoms. The Morgan fingerprint density at radius 1 is 1.33 bits per heavy atom. The maximum absolute atomic E-state index is 5.48. The van der Waals surface area contributed by atoms with Crippen LogP contribution in [0.15, 0.2) is 22.7 Å². The molecule has 1 aliphatic heterocycles. The molecule has 1 atom stereocenters. The van der Waals surface area contributed by atoms with Crippen molar-refractivity contribution in [2.75, 3.05) is 19.0 Å². The summed E-state index contributed by atoms with van der Waals surface area (Å²) in [4.78, 5) is 4.55. The topological polar surface area (TPSA) is 60.2 Å². The highest BCUT2D eigenvalue weighted by atomic mass is 16.5. The van der Waals surface area contributed by atoms with E-state index < -0.39 is 0 Å². The Balaban J connectivity index is 1.97. The van der Waals surface area contributed by atoms with Crippen LogP contribution in [0.25, 0.3) is 11.5 Å². The molecule has 2 heterocycles. The van der Waals surface area contributed by atoms with Crippen LogP contribution in [0.2, 0.25) is 0 Å². The van der Waals surface area contributed by atoms with Gasteiger partial charge in [0.05, 0.1) is 0 Å². The Morgan fingerprint density at radius 3 is 2.95 bits per heavy atom. The molecular formula is C16H21N3O2. The second-order valence-electron chi connectivity index (χ2n) is 5.72. The van der Waals surface area contributed by atoms with Crippen molar-refractivity contribution in [3.63, 3.8) is 0 Å². The molecule has 0 saturated carbocycles. The van der Waals surface area contributed by atoms with Gasteiger partial charge in [0, 0.05) is 24.9 Å². The van der Waals surface area contributed by atoms with Crippen LogP contribution in [0.3, 0.4) is 0 Å². The maximum Gasteiger partial charge on any atom is 0.258 e. The summed E-state index contributed by atoms with van der Waals surface area (Å²) in [6, 6.07) is 6.16. The number of hydrogen-bond donors (Lipinski definition) is 1. The predicted octanol–water partition coefficient (Wildman–Crippen LogP) is 3.44. The molecule has 0 amide bonds. The van der Waals surface area contributed by atoms with Crippen LogP contribution in [0.4, 0.5) is 5.69 Å². The Morgan fingerprint density at radius 2 is 2.19 bits per heavy atom. The quantitative estimate of drug-likeness (QED) is 0.933. The molecule has 5 heteroatoms. The van der Waals surface area contributed by atoms with Gasteiger partial charge in [0.25, 0.3) is 5.89 Å². The lowest BCUT2D eigenvalue weighted by molar-refractivity contribution is 0.0556. The zero-order valence-electron chi connectivity index (χ0n) is 12.7. The summed E-state index contributed by atoms with van der Waals surface area (Å²) in [6.45, 7) is 5.18. The van der Waals surface area contributed by atoms with Crippen LogP contribution in [0.1, 0.15) is 37.8 Å². The van der Waals surface area contributed by atoms with Crippen molar-refractivity contribution in [3.05, 3.63) is 29.6 Å². The van der Waals surface area contributed by atoms with Crippen LogP contribution in [0, 0.1) is 5.92 Å². The number of rotatable bonds is 4. The van der Waals surface area contributed by atoms with Gasteiger partial charge in [0.1, 0.15) is 6.10 Å². The number of methoxy groups -OCH3 is 1. The second-order valence-corrected chi connectivity index (χ2v) is 5.72. The van der Waals surface area contributed by atoms with Gasteiger partial charge in [-0.1, -0.05) is 25.1 Å². The minimum absolute atomic E-state index is 0.139. The Labute approximate surface area is 124 Å². The highest BCUT2D eigenvalue weighted by Gasteiger charge is 2.23. The molecule has 2 aromatic rings. The third kappa shape index (κ3) is 2.65. The van der Waals surface area contributed by atoms with Crippen molar-refractivity contribution in [2.45, 2.75) is 32.8 Å². The molecular weight excluding hydrogens is 266 g/mol. The van der Waals surface area contributed by atoms with Crippen molar-refractivity contribution in [1.82, 2.24) is 10.1 Å². The van der Waals surface area contributed by atoms with Crippen LogP contribution in [-0.2, 0) is 11.2 Å². The Kier molecular flexibility index (Phi) is 3.92. The van der Waals surface area contributed by atoms with E-state index in [-0.39, 0.29) is 6.10 Å². The second kappa shape index (κ2) is 5.85. The van der Waals surface area contributed by atoms with E-state index in [1.807, 2.05) is 12.1 Å². The van der Waals surface area contributed by atoms with Gasteiger partial charge in [-0.05, 0) is 36.5 Å². The van der Waals surface area contributed by atoms with E-state index in [1.54, 1.807) is 7.11 Å². The minimum Gasteiger partial charge on any atom is -0.385 e. The normalized spacial score (nSPS) is 15.6. The number of aromatic nitrogens is 2. The zero-order chi connectivity index (χ0) is 14.8. The first-order valence-corrected chi connectivity index (χ1v) is 7.43. The smallest absolute Gasteiger partial charge is 0.258 e. The van der Waals surface area contributed by atoms with E-state index in [2.05, 4.69) is 35.4 Å². The third-order valence-corrected chi connectivity index (χ3v) is 3.88. The molecule has 0 bridgehead atoms. The van der Waals surface area contributed by atoms with E-state index in [1.165, 1.54) is 11.3 Å². The molecule has 1 unspecified atom stereocenters. The van der Waals surface area contributed by atoms with Gasteiger partial charge in [-0.3, -0.25) is 0 Å². The van der Waals surface area contributed by atoms with Crippen molar-refractivity contribution < 1.29 is 9.26 Å². The van der Waals surface area contributed by atoms with Gasteiger partial charge in [-0.2, -0.15) is 4.98 Å². The highest BCUT2D eigenvalue weighted by molar-refractivity contribution is 5.69. The minimum atomic E-state index is -0.139. The number of fused-ring (bicyclic) bond motifs is 1. The molecule has 3 rings (SSSR count). The molecule has 0 saturated heterocycles. The number of nitrogens with one attached hydrogen (secondary N) is 1. The first-order valence-electron chi connectivity index (χ1n) is 7.43. The molecule has 5 nitrogen and oxygen atoms in total. The number of ether oxygens (including phenoxy) is 1. The fourth-order valence-electron chi connectivity index (χ4n) is 2.85. The molecule has 1 aromatic heterocycles. The standard InChI is InChI=1S/C16H21N3O2/c1-10(2)14(20-3)15-18-16(21-19-15)12-6-4-8-13-11(12)7-5-9-17-13/h4,6,8,10,14,17H,5,7,9H2,1-3H3. The van der Waals surface area contributed by atoms with Crippen molar-refractivity contribution in [2.24, 2.45) is 5.92 Å². The fraction of sp³-hybridized carbons (Fsp3) is 0.500. The molecule has 0 radical (unpaired) electrons. The summed E-state index contributed by atoms with van der Waals surface area (Å²) in [5.74, 6) is 1.49. The van der Waals surface area contributed by atoms with Gasteiger partial charge >= 0.3 is 0 Å². The first kappa shape index (κ1) is 14.1. The van der Waals surface area contributed by atoms with E-state index in [0.29, 0.717) is 17.6 Å². The molecule has 1 N–H and O–H groups in total. The molecule has 0 spiro atoms. The van der Waals surface area contributed by atoms with Gasteiger partial charge in [-0.15, -0.1) is 0 Å². The van der Waals surface area contributed by atoms with Crippen molar-refractivity contribution in [3.8, 4) is 11.5 Å². The van der Waals surface area contributed by atoms with Crippen LogP contribution < -0.4 is 5.32 Å². The lowest BCUT2D eigenvalue weighted by Crippen LogP contribution is -2.12. The monoisotopic (exact) mass is 287 g/mol. The summed E-state index contributed by atoms with van der Waals surface area (Å²) < 4.78 is 10.9. The summed E-state index contributed by atoms with van der Waals surface area (Å²) in [5, 5.41) is 7.52. The summed E-state index contributed by atoms with van der Waals surface area (Å²) in [5.41, 5.74) is 3.46. The van der Waals surface area contributed by atoms with E-state index >= 15 is 0 Å². The van der Waals surface area contributed by atoms with Gasteiger partial charge in [-0.25, -0.2) is 0 Å². The Hall–Kier alpha value is -1.88. The van der Waals surface area contributed by atoms with E-state index in [9.17, 15) is 0 Å². The maximum atomic E-state index is 5.48. The van der Waals surface area contributed by atoms with Crippen molar-refractivity contribution >= 4 is 5.69 Å². The largest absolute Gasteiger partial charge is 0.385 e. The SMILES string of the molecule is COC(c1noc(-c2cccc3c2CCCN3)n1)C(C)C. The van der Waals surface area contributed by atoms with Gasteiger partial charge in [0.15, 0.2) is 0 Å². The summed E-state index contributed by atoms with van der Waals surface area (Å²) >= 11 is 0. The lowest BCUT2D eigenvalue weighted by atomic mass is 9.97. The predicted molar refractivity (Wildman–Crippen MR) is 81.1 cm³/mol. The third-order valence-electron chi connectivity index (χ3n) is 3.88. The molecule has 0 fully saturated rings. The van der Waals surface area contributed by atoms with Crippen LogP contribution in [0.5, 0.6) is 0 Å². The summed E-state index contributed by atoms with van der Waals surface area (Å²) in [7, 11) is 1.68. The first-order chi connectivity index (χ1) is 10.2. The molecule has 1 aromatic carbocycles. The lowest BCUT2D eigenvalue weighted by Gasteiger charge is -2.19. The Bertz CT molecular complexity index is 622. The number of anilines is 1. The molecule has 1 aliphatic rings. The average molecular weight is 287 g/mol. The van der Waals surface area contributed by atoms with Crippen LogP contribution >= 0.6 is 0 Å². The summed E-state index contributed by atoms with van der Waals surface area (Å²) in [6.07, 6.45) is 2.02. The molecule has 0 aliphatic carbocycles. The number of nitrogens with zero attached hydrogens (tertiary/aromatic N) is 2. The average Bonchev–Trinajstić information content (AvgIpc) is 2.96. The van der Waals surface area contributed by atoms with E-state index in [0.717, 1.165) is 24.9 Å². The highest BCUT2D eigenvalue weighted by Crippen LogP contribution is 2.33. The van der Waals surface area contributed by atoms with E-state index in [4.69, 9.17) is 9.26 Å². The van der Waals surface area contributed by atoms with Gasteiger partial charge < -0.3 is 14.6 Å². The van der Waals surface area contributed by atoms with Crippen molar-refractivity contribution in [1.29, 1.82) is 0 Å². The van der Waals surface area contributed by atoms with Gasteiger partial charge in [0.2, 0.25) is 5.82 Å².